The standard InChI is InChI=1S/C26H29IO3/c1-26-15-22(16-2-6-19(7-3-16)30-13-12-27)25-20-9-5-18(28)14-17(20)4-8-21(25)23(26)10-11-24(26)29/h2-3,5-7,9,14,21-23,25,28H,4,8,10-13,15H2,1H3/t21-,22+,23-,25+,26-/m0/s1. The van der Waals surface area contributed by atoms with Gasteiger partial charge in [0.25, 0.3) is 0 Å². The van der Waals surface area contributed by atoms with Crippen LogP contribution in [0, 0.1) is 17.3 Å². The van der Waals surface area contributed by atoms with Gasteiger partial charge in [0, 0.05) is 16.3 Å². The Kier molecular flexibility index (Phi) is 5.32. The van der Waals surface area contributed by atoms with Crippen LogP contribution < -0.4 is 4.74 Å². The van der Waals surface area contributed by atoms with Crippen molar-refractivity contribution in [2.75, 3.05) is 11.0 Å². The molecular formula is C26H29IO3. The van der Waals surface area contributed by atoms with Crippen LogP contribution in [-0.2, 0) is 11.2 Å². The zero-order valence-electron chi connectivity index (χ0n) is 17.4. The lowest BCUT2D eigenvalue weighted by molar-refractivity contribution is -0.130. The fourth-order valence-corrected chi connectivity index (χ4v) is 6.98. The van der Waals surface area contributed by atoms with Gasteiger partial charge in [0.2, 0.25) is 0 Å². The van der Waals surface area contributed by atoms with Crippen LogP contribution in [0.3, 0.4) is 0 Å². The molecule has 0 spiro atoms. The Labute approximate surface area is 192 Å². The molecule has 0 aromatic heterocycles. The van der Waals surface area contributed by atoms with E-state index in [9.17, 15) is 9.90 Å². The summed E-state index contributed by atoms with van der Waals surface area (Å²) in [7, 11) is 0. The molecule has 158 valence electrons. The van der Waals surface area contributed by atoms with Crippen molar-refractivity contribution in [1.29, 1.82) is 0 Å². The number of benzene rings is 2. The van der Waals surface area contributed by atoms with Crippen molar-refractivity contribution >= 4 is 28.4 Å². The highest BCUT2D eigenvalue weighted by atomic mass is 127. The summed E-state index contributed by atoms with van der Waals surface area (Å²) < 4.78 is 6.76. The van der Waals surface area contributed by atoms with Crippen molar-refractivity contribution in [1.82, 2.24) is 0 Å². The normalized spacial score (nSPS) is 32.3. The number of phenolic OH excluding ortho intramolecular Hbond substituents is 1. The van der Waals surface area contributed by atoms with Crippen LogP contribution in [0.15, 0.2) is 42.5 Å². The lowest BCUT2D eigenvalue weighted by Crippen LogP contribution is -2.45. The molecule has 3 nitrogen and oxygen atoms in total. The summed E-state index contributed by atoms with van der Waals surface area (Å²) in [6.45, 7) is 2.96. The average Bonchev–Trinajstić information content (AvgIpc) is 3.06. The van der Waals surface area contributed by atoms with E-state index >= 15 is 0 Å². The van der Waals surface area contributed by atoms with Crippen LogP contribution in [-0.4, -0.2) is 21.9 Å². The molecule has 30 heavy (non-hydrogen) atoms. The fourth-order valence-electron chi connectivity index (χ4n) is 6.76. The number of hydrogen-bond acceptors (Lipinski definition) is 3. The third-order valence-electron chi connectivity index (χ3n) is 8.08. The van der Waals surface area contributed by atoms with Crippen molar-refractivity contribution in [2.45, 2.75) is 50.9 Å². The number of halogens is 1. The Morgan fingerprint density at radius 1 is 1.13 bits per heavy atom. The molecule has 5 atom stereocenters. The summed E-state index contributed by atoms with van der Waals surface area (Å²) in [4.78, 5) is 13.0. The van der Waals surface area contributed by atoms with E-state index in [1.165, 1.54) is 16.7 Å². The van der Waals surface area contributed by atoms with Gasteiger partial charge >= 0.3 is 0 Å². The molecule has 3 aliphatic carbocycles. The van der Waals surface area contributed by atoms with E-state index in [0.29, 0.717) is 35.2 Å². The van der Waals surface area contributed by atoms with Crippen molar-refractivity contribution in [3.63, 3.8) is 0 Å². The molecule has 2 fully saturated rings. The van der Waals surface area contributed by atoms with Gasteiger partial charge in [0.15, 0.2) is 0 Å². The minimum Gasteiger partial charge on any atom is -0.508 e. The maximum Gasteiger partial charge on any atom is 0.139 e. The quantitative estimate of drug-likeness (QED) is 0.399. The number of Topliss-reactive ketones (excluding diaryl/α,β-unsaturated/α-hetero) is 1. The van der Waals surface area contributed by atoms with E-state index in [2.05, 4.69) is 59.8 Å². The predicted octanol–water partition coefficient (Wildman–Crippen LogP) is 6.02. The molecule has 0 aliphatic heterocycles. The Balaban J connectivity index is 1.57. The summed E-state index contributed by atoms with van der Waals surface area (Å²) in [5, 5.41) is 10.0. The number of fused-ring (bicyclic) bond motifs is 5. The molecule has 2 saturated carbocycles. The van der Waals surface area contributed by atoms with Crippen LogP contribution in [0.1, 0.15) is 61.1 Å². The predicted molar refractivity (Wildman–Crippen MR) is 127 cm³/mol. The smallest absolute Gasteiger partial charge is 0.139 e. The van der Waals surface area contributed by atoms with Gasteiger partial charge in [-0.25, -0.2) is 0 Å². The van der Waals surface area contributed by atoms with Crippen LogP contribution in [0.2, 0.25) is 0 Å². The zero-order valence-corrected chi connectivity index (χ0v) is 19.6. The molecule has 0 heterocycles. The zero-order chi connectivity index (χ0) is 20.9. The largest absolute Gasteiger partial charge is 0.508 e. The fraction of sp³-hybridized carbons (Fsp3) is 0.500. The minimum atomic E-state index is -0.198. The first-order valence-electron chi connectivity index (χ1n) is 11.1. The minimum absolute atomic E-state index is 0.198. The van der Waals surface area contributed by atoms with Crippen LogP contribution in [0.25, 0.3) is 0 Å². The maximum atomic E-state index is 13.0. The van der Waals surface area contributed by atoms with Crippen LogP contribution in [0.5, 0.6) is 11.5 Å². The van der Waals surface area contributed by atoms with Crippen LogP contribution >= 0.6 is 22.6 Å². The van der Waals surface area contributed by atoms with Gasteiger partial charge in [-0.05, 0) is 90.3 Å². The van der Waals surface area contributed by atoms with Gasteiger partial charge < -0.3 is 9.84 Å². The van der Waals surface area contributed by atoms with Crippen LogP contribution in [0.4, 0.5) is 0 Å². The topological polar surface area (TPSA) is 46.5 Å². The van der Waals surface area contributed by atoms with Gasteiger partial charge in [0.05, 0.1) is 6.61 Å². The third kappa shape index (κ3) is 3.26. The molecule has 2 aromatic carbocycles. The first-order chi connectivity index (χ1) is 14.5. The molecule has 4 heteroatoms. The molecule has 2 aromatic rings. The summed E-state index contributed by atoms with van der Waals surface area (Å²) in [5.74, 6) is 3.50. The summed E-state index contributed by atoms with van der Waals surface area (Å²) in [5.41, 5.74) is 3.79. The first-order valence-corrected chi connectivity index (χ1v) is 12.7. The number of ether oxygens (including phenoxy) is 1. The Hall–Kier alpha value is -1.56. The molecule has 3 aliphatic rings. The van der Waals surface area contributed by atoms with E-state index in [1.54, 1.807) is 0 Å². The lowest BCUT2D eigenvalue weighted by Gasteiger charge is -2.52. The second-order valence-corrected chi connectivity index (χ2v) is 10.6. The Bertz CT molecular complexity index is 953. The first kappa shape index (κ1) is 20.3. The highest BCUT2D eigenvalue weighted by Crippen LogP contribution is 2.64. The number of rotatable bonds is 4. The van der Waals surface area contributed by atoms with E-state index in [-0.39, 0.29) is 5.41 Å². The van der Waals surface area contributed by atoms with Crippen molar-refractivity contribution < 1.29 is 14.6 Å². The summed E-state index contributed by atoms with van der Waals surface area (Å²) >= 11 is 2.32. The second kappa shape index (κ2) is 7.85. The number of phenols is 1. The number of aromatic hydroxyl groups is 1. The van der Waals surface area contributed by atoms with Gasteiger partial charge in [-0.1, -0.05) is 47.7 Å². The second-order valence-electron chi connectivity index (χ2n) is 9.51. The Morgan fingerprint density at radius 2 is 1.93 bits per heavy atom. The van der Waals surface area contributed by atoms with Gasteiger partial charge in [-0.15, -0.1) is 0 Å². The third-order valence-corrected chi connectivity index (χ3v) is 8.52. The summed E-state index contributed by atoms with van der Waals surface area (Å²) in [6, 6.07) is 14.5. The van der Waals surface area contributed by atoms with E-state index in [0.717, 1.165) is 48.9 Å². The average molecular weight is 516 g/mol. The van der Waals surface area contributed by atoms with E-state index < -0.39 is 0 Å². The van der Waals surface area contributed by atoms with Gasteiger partial charge in [0.1, 0.15) is 17.3 Å². The number of carbonyl (C=O) groups excluding carboxylic acids is 1. The molecule has 1 N–H and O–H groups in total. The number of aryl methyl sites for hydroxylation is 1. The molecule has 0 bridgehead atoms. The van der Waals surface area contributed by atoms with E-state index in [1.807, 2.05) is 12.1 Å². The SMILES string of the molecule is C[C@]12C[C@H](c3ccc(OCCI)cc3)[C@@H]3c4ccc(O)cc4CC[C@H]3[C@@H]1CCC2=O. The molecule has 0 radical (unpaired) electrons. The highest BCUT2D eigenvalue weighted by Gasteiger charge is 2.57. The molecule has 0 saturated heterocycles. The summed E-state index contributed by atoms with van der Waals surface area (Å²) in [6.07, 6.45) is 4.82. The van der Waals surface area contributed by atoms with Crippen molar-refractivity contribution in [2.24, 2.45) is 17.3 Å². The lowest BCUT2D eigenvalue weighted by atomic mass is 9.51. The van der Waals surface area contributed by atoms with E-state index in [4.69, 9.17) is 4.74 Å². The molecule has 0 unspecified atom stereocenters. The maximum absolute atomic E-state index is 13.0. The number of alkyl halides is 1. The number of ketones is 1. The number of hydrogen-bond donors (Lipinski definition) is 1. The van der Waals surface area contributed by atoms with Crippen molar-refractivity contribution in [3.8, 4) is 11.5 Å². The van der Waals surface area contributed by atoms with Gasteiger partial charge in [-0.3, -0.25) is 4.79 Å². The molecule has 5 rings (SSSR count). The molecule has 0 amide bonds. The Morgan fingerprint density at radius 3 is 2.70 bits per heavy atom. The monoisotopic (exact) mass is 516 g/mol. The highest BCUT2D eigenvalue weighted by molar-refractivity contribution is 14.1. The van der Waals surface area contributed by atoms with Gasteiger partial charge in [-0.2, -0.15) is 0 Å². The molecular weight excluding hydrogens is 487 g/mol. The number of carbonyl (C=O) groups is 1. The van der Waals surface area contributed by atoms with Crippen molar-refractivity contribution in [3.05, 3.63) is 59.2 Å².